The quantitative estimate of drug-likeness (QED) is 0.605. The van der Waals surface area contributed by atoms with Gasteiger partial charge in [-0.05, 0) is 12.1 Å². The van der Waals surface area contributed by atoms with E-state index in [1.165, 1.54) is 0 Å². The highest BCUT2D eigenvalue weighted by molar-refractivity contribution is 9.09. The maximum Gasteiger partial charge on any atom is 0.419 e. The van der Waals surface area contributed by atoms with Gasteiger partial charge in [0.25, 0.3) is 0 Å². The molecule has 0 aliphatic rings. The van der Waals surface area contributed by atoms with Crippen molar-refractivity contribution >= 4 is 21.7 Å². The van der Waals surface area contributed by atoms with Crippen LogP contribution >= 0.6 is 15.9 Å². The highest BCUT2D eigenvalue weighted by atomic mass is 79.9. The summed E-state index contributed by atoms with van der Waals surface area (Å²) in [4.78, 5) is 3.99. The van der Waals surface area contributed by atoms with Crippen molar-refractivity contribution in [2.75, 3.05) is 23.3 Å². The molecule has 0 fully saturated rings. The summed E-state index contributed by atoms with van der Waals surface area (Å²) in [5.41, 5.74) is -1.18. The summed E-state index contributed by atoms with van der Waals surface area (Å²) >= 11 is 2.91. The molecule has 9 heteroatoms. The number of alkyl halides is 7. The Morgan fingerprint density at radius 1 is 1.16 bits per heavy atom. The molecule has 0 aromatic carbocycles. The molecular weight excluding hydrogens is 342 g/mol. The number of rotatable bonds is 4. The fourth-order valence-corrected chi connectivity index (χ4v) is 1.88. The molecule has 0 bridgehead atoms. The highest BCUT2D eigenvalue weighted by Gasteiger charge is 2.38. The Morgan fingerprint density at radius 3 is 2.26 bits per heavy atom. The van der Waals surface area contributed by atoms with Gasteiger partial charge in [-0.15, -0.1) is 0 Å². The molecule has 0 unspecified atom stereocenters. The van der Waals surface area contributed by atoms with Gasteiger partial charge >= 0.3 is 12.4 Å². The summed E-state index contributed by atoms with van der Waals surface area (Å²) in [5.74, 6) is -0.716. The Labute approximate surface area is 113 Å². The second-order valence-electron chi connectivity index (χ2n) is 3.60. The number of anilines is 1. The number of nitrogens with zero attached hydrogens (tertiary/aromatic N) is 2. The van der Waals surface area contributed by atoms with Crippen LogP contribution in [0.1, 0.15) is 5.56 Å². The number of aromatic nitrogens is 1. The van der Waals surface area contributed by atoms with Crippen LogP contribution in [0.5, 0.6) is 0 Å². The normalized spacial score (nSPS) is 12.6. The summed E-state index contributed by atoms with van der Waals surface area (Å²) < 4.78 is 75.3. The van der Waals surface area contributed by atoms with Crippen LogP contribution in [0, 0.1) is 0 Å². The maximum absolute atomic E-state index is 12.7. The van der Waals surface area contributed by atoms with Gasteiger partial charge in [0.2, 0.25) is 0 Å². The first-order chi connectivity index (χ1) is 8.65. The van der Waals surface area contributed by atoms with Crippen molar-refractivity contribution in [3.05, 3.63) is 23.9 Å². The largest absolute Gasteiger partial charge is 0.419 e. The summed E-state index contributed by atoms with van der Waals surface area (Å²) in [6, 6.07) is 1.74. The predicted molar refractivity (Wildman–Crippen MR) is 61.3 cm³/mol. The first-order valence-electron chi connectivity index (χ1n) is 5.05. The minimum absolute atomic E-state index is 0.0942. The minimum atomic E-state index is -4.75. The Balaban J connectivity index is 3.16. The Bertz CT molecular complexity index is 417. The SMILES string of the molecule is FC(F)(F)CN(CCBr)c1ncccc1C(F)(F)F. The van der Waals surface area contributed by atoms with E-state index in [9.17, 15) is 26.3 Å². The van der Waals surface area contributed by atoms with E-state index < -0.39 is 30.3 Å². The third kappa shape index (κ3) is 4.88. The zero-order chi connectivity index (χ0) is 14.7. The molecule has 1 aromatic rings. The van der Waals surface area contributed by atoms with Gasteiger partial charge in [-0.1, -0.05) is 15.9 Å². The van der Waals surface area contributed by atoms with Crippen LogP contribution in [0.4, 0.5) is 32.2 Å². The predicted octanol–water partition coefficient (Wildman–Crippen LogP) is 3.86. The number of hydrogen-bond donors (Lipinski definition) is 0. The van der Waals surface area contributed by atoms with E-state index in [4.69, 9.17) is 0 Å². The average Bonchev–Trinajstić information content (AvgIpc) is 2.25. The summed E-state index contributed by atoms with van der Waals surface area (Å²) in [6.45, 7) is -1.72. The van der Waals surface area contributed by atoms with Crippen molar-refractivity contribution in [2.45, 2.75) is 12.4 Å². The molecule has 0 saturated carbocycles. The van der Waals surface area contributed by atoms with Crippen molar-refractivity contribution in [1.29, 1.82) is 0 Å². The first kappa shape index (κ1) is 16.1. The van der Waals surface area contributed by atoms with Crippen LogP contribution in [0.25, 0.3) is 0 Å². The van der Waals surface area contributed by atoms with Crippen molar-refractivity contribution < 1.29 is 26.3 Å². The molecule has 0 N–H and O–H groups in total. The third-order valence-corrected chi connectivity index (χ3v) is 2.47. The van der Waals surface area contributed by atoms with Crippen molar-refractivity contribution in [2.24, 2.45) is 0 Å². The highest BCUT2D eigenvalue weighted by Crippen LogP contribution is 2.35. The minimum Gasteiger partial charge on any atom is -0.346 e. The van der Waals surface area contributed by atoms with Crippen molar-refractivity contribution in [1.82, 2.24) is 4.98 Å². The van der Waals surface area contributed by atoms with E-state index >= 15 is 0 Å². The van der Waals surface area contributed by atoms with Crippen LogP contribution in [-0.4, -0.2) is 29.6 Å². The van der Waals surface area contributed by atoms with Crippen LogP contribution in [0.3, 0.4) is 0 Å². The van der Waals surface area contributed by atoms with E-state index in [2.05, 4.69) is 20.9 Å². The van der Waals surface area contributed by atoms with Gasteiger partial charge in [0.1, 0.15) is 12.4 Å². The molecule has 0 aliphatic carbocycles. The molecule has 0 amide bonds. The van der Waals surface area contributed by atoms with Crippen LogP contribution in [0.15, 0.2) is 18.3 Å². The molecule has 108 valence electrons. The number of hydrogen-bond acceptors (Lipinski definition) is 2. The fourth-order valence-electron chi connectivity index (χ4n) is 1.45. The van der Waals surface area contributed by atoms with E-state index in [0.29, 0.717) is 11.0 Å². The van der Waals surface area contributed by atoms with Gasteiger partial charge in [-0.2, -0.15) is 26.3 Å². The van der Waals surface area contributed by atoms with Gasteiger partial charge in [-0.25, -0.2) is 4.98 Å². The van der Waals surface area contributed by atoms with Crippen molar-refractivity contribution in [3.63, 3.8) is 0 Å². The molecule has 1 rings (SSSR count). The molecule has 0 spiro atoms. The maximum atomic E-state index is 12.7. The van der Waals surface area contributed by atoms with Gasteiger partial charge in [0.15, 0.2) is 0 Å². The standard InChI is InChI=1S/C10H9BrF6N2/c11-3-5-19(6-9(12,13)14)8-7(10(15,16)17)2-1-4-18-8/h1-2,4H,3,5-6H2. The topological polar surface area (TPSA) is 16.1 Å². The first-order valence-corrected chi connectivity index (χ1v) is 6.17. The van der Waals surface area contributed by atoms with E-state index in [1.54, 1.807) is 0 Å². The van der Waals surface area contributed by atoms with E-state index in [-0.39, 0.29) is 11.9 Å². The van der Waals surface area contributed by atoms with E-state index in [1.807, 2.05) is 0 Å². The van der Waals surface area contributed by atoms with Crippen LogP contribution < -0.4 is 4.90 Å². The average molecular weight is 351 g/mol. The van der Waals surface area contributed by atoms with Gasteiger partial charge in [0.05, 0.1) is 5.56 Å². The lowest BCUT2D eigenvalue weighted by Crippen LogP contribution is -2.37. The Hall–Kier alpha value is -0.990. The van der Waals surface area contributed by atoms with Gasteiger partial charge in [-0.3, -0.25) is 0 Å². The lowest BCUT2D eigenvalue weighted by Gasteiger charge is -2.26. The van der Waals surface area contributed by atoms with E-state index in [0.717, 1.165) is 12.3 Å². The molecule has 19 heavy (non-hydrogen) atoms. The second-order valence-corrected chi connectivity index (χ2v) is 4.39. The molecule has 1 aromatic heterocycles. The zero-order valence-corrected chi connectivity index (χ0v) is 11.0. The number of pyridine rings is 1. The summed E-state index contributed by atoms with van der Waals surface area (Å²) in [6.07, 6.45) is -8.33. The summed E-state index contributed by atoms with van der Waals surface area (Å²) in [7, 11) is 0. The van der Waals surface area contributed by atoms with Crippen molar-refractivity contribution in [3.8, 4) is 0 Å². The monoisotopic (exact) mass is 350 g/mol. The molecule has 0 atom stereocenters. The van der Waals surface area contributed by atoms with Crippen LogP contribution in [-0.2, 0) is 6.18 Å². The molecular formula is C10H9BrF6N2. The Morgan fingerprint density at radius 2 is 1.79 bits per heavy atom. The molecule has 1 heterocycles. The molecule has 0 saturated heterocycles. The zero-order valence-electron chi connectivity index (χ0n) is 9.39. The lowest BCUT2D eigenvalue weighted by atomic mass is 10.2. The lowest BCUT2D eigenvalue weighted by molar-refractivity contribution is -0.138. The third-order valence-electron chi connectivity index (χ3n) is 2.12. The molecule has 2 nitrogen and oxygen atoms in total. The fraction of sp³-hybridized carbons (Fsp3) is 0.500. The summed E-state index contributed by atoms with van der Waals surface area (Å²) in [5, 5.41) is 0.0942. The number of halogens is 7. The molecule has 0 radical (unpaired) electrons. The second kappa shape index (κ2) is 5.98. The smallest absolute Gasteiger partial charge is 0.346 e. The molecule has 0 aliphatic heterocycles. The Kier molecular flexibility index (Phi) is 5.05. The van der Waals surface area contributed by atoms with Crippen LogP contribution in [0.2, 0.25) is 0 Å². The van der Waals surface area contributed by atoms with Gasteiger partial charge in [0, 0.05) is 18.1 Å². The van der Waals surface area contributed by atoms with Gasteiger partial charge < -0.3 is 4.90 Å².